The van der Waals surface area contributed by atoms with E-state index >= 15 is 0 Å². The number of carbonyl (C=O) groups is 3. The highest BCUT2D eigenvalue weighted by Gasteiger charge is 2.25. The van der Waals surface area contributed by atoms with Gasteiger partial charge in [0.05, 0.1) is 40.3 Å². The third-order valence-electron chi connectivity index (χ3n) is 8.42. The first-order valence-corrected chi connectivity index (χ1v) is 21.3. The standard InChI is InChI=1S/C50H75NO7/c1-6-8-10-12-14-16-18-20-22-23-24-25-27-29-31-33-35-37-39-41-49(53)58-46(44-56-43-42-47(50(54)55)51(3,4)5)45-57-48(52)40-38-36-34-32-30-28-26-21-19-17-15-13-11-9-7-2/h8-11,13-17,19-22,24-26,28-31,35,37,46-47H,6-7,12,18,23,27,32-34,36,38-45H2,1-5H3/b10-8+,11-9+,15-13+,16-14+,19-17+,22-20+,25-24+,26-21+,30-28+,31-29+,37-35+. The molecular formula is C50H75NO7. The van der Waals surface area contributed by atoms with E-state index in [-0.39, 0.29) is 49.5 Å². The molecule has 8 nitrogen and oxygen atoms in total. The van der Waals surface area contributed by atoms with Gasteiger partial charge in [0.2, 0.25) is 0 Å². The smallest absolute Gasteiger partial charge is 0.306 e. The van der Waals surface area contributed by atoms with Gasteiger partial charge in [-0.15, -0.1) is 0 Å². The van der Waals surface area contributed by atoms with Crippen molar-refractivity contribution < 1.29 is 38.2 Å². The van der Waals surface area contributed by atoms with Gasteiger partial charge in [-0.05, 0) is 70.6 Å². The number of quaternary nitrogens is 1. The Morgan fingerprint density at radius 1 is 0.534 bits per heavy atom. The summed E-state index contributed by atoms with van der Waals surface area (Å²) >= 11 is 0. The van der Waals surface area contributed by atoms with E-state index in [9.17, 15) is 19.5 Å². The Balaban J connectivity index is 4.61. The molecule has 0 rings (SSSR count). The fraction of sp³-hybridized carbons (Fsp3) is 0.500. The zero-order valence-corrected chi connectivity index (χ0v) is 36.4. The highest BCUT2D eigenvalue weighted by atomic mass is 16.6. The van der Waals surface area contributed by atoms with Gasteiger partial charge in [-0.2, -0.15) is 0 Å². The molecule has 0 aromatic rings. The van der Waals surface area contributed by atoms with Crippen molar-refractivity contribution in [3.8, 4) is 0 Å². The van der Waals surface area contributed by atoms with Crippen LogP contribution in [0.5, 0.6) is 0 Å². The number of carbonyl (C=O) groups excluding carboxylic acids is 3. The van der Waals surface area contributed by atoms with Gasteiger partial charge in [0.25, 0.3) is 0 Å². The quantitative estimate of drug-likeness (QED) is 0.0207. The molecule has 0 aromatic carbocycles. The highest BCUT2D eigenvalue weighted by molar-refractivity contribution is 5.70. The summed E-state index contributed by atoms with van der Waals surface area (Å²) in [6, 6.07) is -0.755. The maximum Gasteiger partial charge on any atom is 0.306 e. The monoisotopic (exact) mass is 802 g/mol. The van der Waals surface area contributed by atoms with E-state index in [4.69, 9.17) is 14.2 Å². The van der Waals surface area contributed by atoms with Gasteiger partial charge in [-0.3, -0.25) is 9.59 Å². The van der Waals surface area contributed by atoms with Crippen molar-refractivity contribution in [2.45, 2.75) is 122 Å². The van der Waals surface area contributed by atoms with Crippen LogP contribution in [0.3, 0.4) is 0 Å². The summed E-state index contributed by atoms with van der Waals surface area (Å²) in [6.45, 7) is 4.23. The number of likely N-dealkylation sites (N-methyl/N-ethyl adjacent to an activating group) is 1. The lowest BCUT2D eigenvalue weighted by Crippen LogP contribution is -2.55. The average molecular weight is 802 g/mol. The number of ether oxygens (including phenoxy) is 3. The summed E-state index contributed by atoms with van der Waals surface area (Å²) in [5.74, 6) is -1.92. The van der Waals surface area contributed by atoms with E-state index < -0.39 is 24.1 Å². The first-order valence-electron chi connectivity index (χ1n) is 21.3. The predicted molar refractivity (Wildman–Crippen MR) is 240 cm³/mol. The molecule has 0 saturated heterocycles. The molecule has 2 unspecified atom stereocenters. The Hall–Kier alpha value is -4.53. The first-order chi connectivity index (χ1) is 28.1. The van der Waals surface area contributed by atoms with E-state index in [0.717, 1.165) is 64.2 Å². The maximum absolute atomic E-state index is 12.7. The molecule has 0 heterocycles. The molecule has 0 N–H and O–H groups in total. The van der Waals surface area contributed by atoms with Crippen molar-refractivity contribution in [2.24, 2.45) is 0 Å². The van der Waals surface area contributed by atoms with E-state index in [1.807, 2.05) is 60.8 Å². The van der Waals surface area contributed by atoms with Crippen LogP contribution in [0.2, 0.25) is 0 Å². The topological polar surface area (TPSA) is 102 Å². The van der Waals surface area contributed by atoms with Crippen molar-refractivity contribution >= 4 is 17.9 Å². The van der Waals surface area contributed by atoms with Crippen LogP contribution in [-0.4, -0.2) is 75.5 Å². The Bertz CT molecular complexity index is 1400. The molecule has 0 aliphatic heterocycles. The molecule has 2 atom stereocenters. The van der Waals surface area contributed by atoms with E-state index in [2.05, 4.69) is 86.8 Å². The fourth-order valence-corrected chi connectivity index (χ4v) is 5.17. The van der Waals surface area contributed by atoms with Crippen molar-refractivity contribution in [2.75, 3.05) is 41.0 Å². The summed E-state index contributed by atoms with van der Waals surface area (Å²) < 4.78 is 17.0. The van der Waals surface area contributed by atoms with Gasteiger partial charge in [0.15, 0.2) is 6.10 Å². The number of carboxylic acids is 1. The second-order valence-electron chi connectivity index (χ2n) is 14.6. The van der Waals surface area contributed by atoms with E-state index in [0.29, 0.717) is 12.8 Å². The average Bonchev–Trinajstić information content (AvgIpc) is 3.18. The summed E-state index contributed by atoms with van der Waals surface area (Å²) in [6.07, 6.45) is 56.4. The zero-order valence-electron chi connectivity index (χ0n) is 36.4. The lowest BCUT2D eigenvalue weighted by molar-refractivity contribution is -0.889. The predicted octanol–water partition coefficient (Wildman–Crippen LogP) is 10.3. The third-order valence-corrected chi connectivity index (χ3v) is 8.42. The highest BCUT2D eigenvalue weighted by Crippen LogP contribution is 2.10. The van der Waals surface area contributed by atoms with Gasteiger partial charge in [-0.1, -0.05) is 154 Å². The van der Waals surface area contributed by atoms with Crippen LogP contribution in [0.1, 0.15) is 110 Å². The number of rotatable bonds is 35. The molecule has 0 amide bonds. The fourth-order valence-electron chi connectivity index (χ4n) is 5.17. The van der Waals surface area contributed by atoms with E-state index in [1.54, 1.807) is 21.1 Å². The Labute approximate surface area is 352 Å². The van der Waals surface area contributed by atoms with Crippen LogP contribution < -0.4 is 5.11 Å². The molecule has 0 aliphatic rings. The SMILES string of the molecule is CC/C=C/C=C/C=C/C=C/C=C/CCCCCC(=O)OCC(COCCC(C(=O)[O-])[N+](C)(C)C)OC(=O)CC/C=C/C/C=C/C/C=C/C/C=C/C/C=C/C/C=C/CC. The third kappa shape index (κ3) is 37.1. The van der Waals surface area contributed by atoms with Crippen LogP contribution in [0, 0.1) is 0 Å². The zero-order chi connectivity index (χ0) is 42.8. The number of unbranched alkanes of at least 4 members (excludes halogenated alkanes) is 3. The van der Waals surface area contributed by atoms with Crippen LogP contribution in [0.15, 0.2) is 134 Å². The number of nitrogens with zero attached hydrogens (tertiary/aromatic N) is 1. The number of hydrogen-bond donors (Lipinski definition) is 0. The number of carboxylic acid groups (broad SMARTS) is 1. The first kappa shape index (κ1) is 53.5. The normalized spacial score (nSPS) is 14.3. The summed E-state index contributed by atoms with van der Waals surface area (Å²) in [4.78, 5) is 36.8. The van der Waals surface area contributed by atoms with Gasteiger partial charge in [0.1, 0.15) is 12.6 Å². The maximum atomic E-state index is 12.7. The summed E-state index contributed by atoms with van der Waals surface area (Å²) in [5, 5.41) is 11.6. The van der Waals surface area contributed by atoms with Crippen molar-refractivity contribution in [3.05, 3.63) is 134 Å². The molecule has 0 fully saturated rings. The molecule has 0 aromatic heterocycles. The second-order valence-corrected chi connectivity index (χ2v) is 14.6. The van der Waals surface area contributed by atoms with Crippen LogP contribution in [-0.2, 0) is 28.6 Å². The minimum absolute atomic E-state index is 0.0145. The molecule has 0 spiro atoms. The van der Waals surface area contributed by atoms with Crippen molar-refractivity contribution in [1.29, 1.82) is 0 Å². The van der Waals surface area contributed by atoms with Crippen LogP contribution >= 0.6 is 0 Å². The molecule has 0 radical (unpaired) electrons. The summed E-state index contributed by atoms with van der Waals surface area (Å²) in [5.41, 5.74) is 0. The second kappa shape index (κ2) is 39.3. The number of hydrogen-bond acceptors (Lipinski definition) is 7. The largest absolute Gasteiger partial charge is 0.544 e. The van der Waals surface area contributed by atoms with Gasteiger partial charge in [-0.25, -0.2) is 0 Å². The Morgan fingerprint density at radius 3 is 1.55 bits per heavy atom. The van der Waals surface area contributed by atoms with Crippen molar-refractivity contribution in [1.82, 2.24) is 0 Å². The molecular weight excluding hydrogens is 727 g/mol. The van der Waals surface area contributed by atoms with Crippen LogP contribution in [0.25, 0.3) is 0 Å². The van der Waals surface area contributed by atoms with Crippen LogP contribution in [0.4, 0.5) is 0 Å². The molecule has 0 saturated carbocycles. The molecule has 8 heteroatoms. The molecule has 58 heavy (non-hydrogen) atoms. The Kier molecular flexibility index (Phi) is 36.2. The van der Waals surface area contributed by atoms with Crippen molar-refractivity contribution in [3.63, 3.8) is 0 Å². The number of esters is 2. The molecule has 0 aliphatic carbocycles. The number of allylic oxidation sites excluding steroid dienone is 22. The van der Waals surface area contributed by atoms with Gasteiger partial charge in [0, 0.05) is 19.3 Å². The van der Waals surface area contributed by atoms with Gasteiger partial charge >= 0.3 is 11.9 Å². The number of aliphatic carboxylic acids is 1. The van der Waals surface area contributed by atoms with Gasteiger partial charge < -0.3 is 28.6 Å². The molecule has 322 valence electrons. The Morgan fingerprint density at radius 2 is 1.03 bits per heavy atom. The summed E-state index contributed by atoms with van der Waals surface area (Å²) in [7, 11) is 5.34. The molecule has 0 bridgehead atoms. The lowest BCUT2D eigenvalue weighted by atomic mass is 10.1. The minimum Gasteiger partial charge on any atom is -0.544 e. The minimum atomic E-state index is -1.15. The van der Waals surface area contributed by atoms with E-state index in [1.165, 1.54) is 0 Å². The lowest BCUT2D eigenvalue weighted by Gasteiger charge is -2.34.